The molecule has 1 unspecified atom stereocenters. The number of amides is 1. The number of carbonyl (C=O) groups is 1. The van der Waals surface area contributed by atoms with Gasteiger partial charge in [-0.05, 0) is 42.9 Å². The Hall–Kier alpha value is -2.24. The highest BCUT2D eigenvalue weighted by Gasteiger charge is 2.20. The summed E-state index contributed by atoms with van der Waals surface area (Å²) in [5, 5.41) is 9.65. The van der Waals surface area contributed by atoms with Crippen LogP contribution in [0.4, 0.5) is 0 Å². The minimum atomic E-state index is 0.206. The van der Waals surface area contributed by atoms with Crippen LogP contribution in [0, 0.1) is 5.92 Å². The van der Waals surface area contributed by atoms with Crippen LogP contribution >= 0.6 is 0 Å². The van der Waals surface area contributed by atoms with E-state index in [1.54, 1.807) is 14.2 Å². The molecule has 1 amide bonds. The third-order valence-corrected chi connectivity index (χ3v) is 5.47. The molecule has 28 heavy (non-hydrogen) atoms. The van der Waals surface area contributed by atoms with Gasteiger partial charge in [-0.3, -0.25) is 9.79 Å². The van der Waals surface area contributed by atoms with E-state index in [4.69, 9.17) is 4.74 Å². The maximum absolute atomic E-state index is 12.1. The van der Waals surface area contributed by atoms with Crippen molar-refractivity contribution in [3.8, 4) is 5.75 Å². The molecule has 1 aromatic carbocycles. The zero-order chi connectivity index (χ0) is 20.2. The van der Waals surface area contributed by atoms with Crippen LogP contribution in [0.25, 0.3) is 0 Å². The third-order valence-electron chi connectivity index (χ3n) is 5.47. The number of benzene rings is 1. The second kappa shape index (κ2) is 12.3. The number of aliphatic imine (C=N–C) groups is 1. The first kappa shape index (κ1) is 22.1. The Bertz CT molecular complexity index is 609. The molecule has 6 nitrogen and oxygen atoms in total. The summed E-state index contributed by atoms with van der Waals surface area (Å²) in [7, 11) is 3.45. The lowest BCUT2D eigenvalue weighted by molar-refractivity contribution is -0.125. The summed E-state index contributed by atoms with van der Waals surface area (Å²) in [5.74, 6) is 2.53. The van der Waals surface area contributed by atoms with Crippen molar-refractivity contribution in [1.82, 2.24) is 16.0 Å². The highest BCUT2D eigenvalue weighted by atomic mass is 16.5. The van der Waals surface area contributed by atoms with Crippen LogP contribution in [-0.2, 0) is 4.79 Å². The van der Waals surface area contributed by atoms with E-state index in [9.17, 15) is 4.79 Å². The van der Waals surface area contributed by atoms with Gasteiger partial charge >= 0.3 is 0 Å². The fourth-order valence-corrected chi connectivity index (χ4v) is 3.60. The first-order chi connectivity index (χ1) is 13.6. The molecule has 0 saturated heterocycles. The van der Waals surface area contributed by atoms with Gasteiger partial charge in [0.2, 0.25) is 5.91 Å². The number of ether oxygens (including phenoxy) is 1. The lowest BCUT2D eigenvalue weighted by Gasteiger charge is -2.21. The van der Waals surface area contributed by atoms with E-state index in [1.807, 2.05) is 12.1 Å². The SMILES string of the molecule is CN=C(NCCNC(=O)C1CCCCC1)NCCC(C)c1ccc(OC)cc1. The standard InChI is InChI=1S/C22H36N4O2/c1-17(18-9-11-20(28-3)12-10-18)13-14-25-22(23-2)26-16-15-24-21(27)19-7-5-4-6-8-19/h9-12,17,19H,4-8,13-16H2,1-3H3,(H,24,27)(H2,23,25,26). The summed E-state index contributed by atoms with van der Waals surface area (Å²) in [6.45, 7) is 4.35. The van der Waals surface area contributed by atoms with Crippen LogP contribution in [0.2, 0.25) is 0 Å². The summed E-state index contributed by atoms with van der Waals surface area (Å²) >= 11 is 0. The van der Waals surface area contributed by atoms with Crippen molar-refractivity contribution in [2.45, 2.75) is 51.4 Å². The summed E-state index contributed by atoms with van der Waals surface area (Å²) < 4.78 is 5.21. The lowest BCUT2D eigenvalue weighted by atomic mass is 9.89. The molecule has 0 aliphatic heterocycles. The molecule has 1 aliphatic carbocycles. The van der Waals surface area contributed by atoms with E-state index in [1.165, 1.54) is 24.8 Å². The second-order valence-electron chi connectivity index (χ2n) is 7.51. The molecule has 0 heterocycles. The van der Waals surface area contributed by atoms with Gasteiger partial charge in [0.15, 0.2) is 5.96 Å². The van der Waals surface area contributed by atoms with Crippen LogP contribution in [-0.4, -0.2) is 45.7 Å². The smallest absolute Gasteiger partial charge is 0.223 e. The second-order valence-corrected chi connectivity index (χ2v) is 7.51. The van der Waals surface area contributed by atoms with Crippen molar-refractivity contribution in [1.29, 1.82) is 0 Å². The summed E-state index contributed by atoms with van der Waals surface area (Å²) in [6, 6.07) is 8.24. The van der Waals surface area contributed by atoms with Gasteiger partial charge < -0.3 is 20.7 Å². The first-order valence-electron chi connectivity index (χ1n) is 10.5. The first-order valence-corrected chi connectivity index (χ1v) is 10.5. The lowest BCUT2D eigenvalue weighted by Crippen LogP contribution is -2.43. The van der Waals surface area contributed by atoms with Gasteiger partial charge in [0, 0.05) is 32.6 Å². The fraction of sp³-hybridized carbons (Fsp3) is 0.636. The number of nitrogens with zero attached hydrogens (tertiary/aromatic N) is 1. The monoisotopic (exact) mass is 388 g/mol. The maximum atomic E-state index is 12.1. The molecule has 1 aromatic rings. The third kappa shape index (κ3) is 7.41. The predicted octanol–water partition coefficient (Wildman–Crippen LogP) is 3.05. The van der Waals surface area contributed by atoms with Crippen LogP contribution < -0.4 is 20.7 Å². The van der Waals surface area contributed by atoms with E-state index in [0.29, 0.717) is 19.0 Å². The van der Waals surface area contributed by atoms with Gasteiger partial charge in [-0.2, -0.15) is 0 Å². The Morgan fingerprint density at radius 2 is 1.71 bits per heavy atom. The van der Waals surface area contributed by atoms with E-state index in [2.05, 4.69) is 40.0 Å². The molecular formula is C22H36N4O2. The Morgan fingerprint density at radius 1 is 1.07 bits per heavy atom. The number of guanidine groups is 1. The zero-order valence-electron chi connectivity index (χ0n) is 17.6. The Labute approximate surface area is 169 Å². The number of nitrogens with one attached hydrogen (secondary N) is 3. The van der Waals surface area contributed by atoms with Gasteiger partial charge in [-0.25, -0.2) is 0 Å². The number of hydrogen-bond donors (Lipinski definition) is 3. The molecule has 1 aliphatic rings. The van der Waals surface area contributed by atoms with Gasteiger partial charge in [-0.1, -0.05) is 38.3 Å². The van der Waals surface area contributed by atoms with Crippen molar-refractivity contribution in [2.24, 2.45) is 10.9 Å². The molecule has 3 N–H and O–H groups in total. The summed E-state index contributed by atoms with van der Waals surface area (Å²) in [5.41, 5.74) is 1.30. The van der Waals surface area contributed by atoms with Gasteiger partial charge in [-0.15, -0.1) is 0 Å². The normalized spacial score (nSPS) is 16.3. The summed E-state index contributed by atoms with van der Waals surface area (Å²) in [6.07, 6.45) is 6.71. The quantitative estimate of drug-likeness (QED) is 0.345. The molecule has 2 rings (SSSR count). The Morgan fingerprint density at radius 3 is 2.36 bits per heavy atom. The number of carbonyl (C=O) groups excluding carboxylic acids is 1. The van der Waals surface area contributed by atoms with Gasteiger partial charge in [0.05, 0.1) is 7.11 Å². The molecule has 0 aromatic heterocycles. The zero-order valence-corrected chi connectivity index (χ0v) is 17.6. The molecule has 156 valence electrons. The van der Waals surface area contributed by atoms with Crippen LogP contribution in [0.1, 0.15) is 56.9 Å². The molecule has 1 fully saturated rings. The van der Waals surface area contributed by atoms with Crippen molar-refractivity contribution < 1.29 is 9.53 Å². The highest BCUT2D eigenvalue weighted by molar-refractivity contribution is 5.80. The fourth-order valence-electron chi connectivity index (χ4n) is 3.60. The minimum Gasteiger partial charge on any atom is -0.497 e. The topological polar surface area (TPSA) is 74.8 Å². The van der Waals surface area contributed by atoms with E-state index < -0.39 is 0 Å². The van der Waals surface area contributed by atoms with Crippen molar-refractivity contribution >= 4 is 11.9 Å². The number of rotatable bonds is 9. The molecule has 1 saturated carbocycles. The average Bonchev–Trinajstić information content (AvgIpc) is 2.75. The molecular weight excluding hydrogens is 352 g/mol. The maximum Gasteiger partial charge on any atom is 0.223 e. The van der Waals surface area contributed by atoms with Crippen LogP contribution in [0.5, 0.6) is 5.75 Å². The van der Waals surface area contributed by atoms with Gasteiger partial charge in [0.25, 0.3) is 0 Å². The highest BCUT2D eigenvalue weighted by Crippen LogP contribution is 2.23. The molecule has 0 bridgehead atoms. The average molecular weight is 389 g/mol. The van der Waals surface area contributed by atoms with Crippen molar-refractivity contribution in [3.05, 3.63) is 29.8 Å². The molecule has 0 spiro atoms. The summed E-state index contributed by atoms with van der Waals surface area (Å²) in [4.78, 5) is 16.4. The van der Waals surface area contributed by atoms with Crippen LogP contribution in [0.15, 0.2) is 29.3 Å². The molecule has 0 radical (unpaired) electrons. The molecule has 1 atom stereocenters. The van der Waals surface area contributed by atoms with Crippen molar-refractivity contribution in [2.75, 3.05) is 33.8 Å². The van der Waals surface area contributed by atoms with E-state index >= 15 is 0 Å². The largest absolute Gasteiger partial charge is 0.497 e. The molecule has 6 heteroatoms. The minimum absolute atomic E-state index is 0.206. The van der Waals surface area contributed by atoms with E-state index in [-0.39, 0.29) is 11.8 Å². The Balaban J connectivity index is 1.60. The number of methoxy groups -OCH3 is 1. The van der Waals surface area contributed by atoms with Crippen LogP contribution in [0.3, 0.4) is 0 Å². The Kier molecular flexibility index (Phi) is 9.66. The predicted molar refractivity (Wildman–Crippen MR) is 115 cm³/mol. The van der Waals surface area contributed by atoms with Gasteiger partial charge in [0.1, 0.15) is 5.75 Å². The van der Waals surface area contributed by atoms with Crippen molar-refractivity contribution in [3.63, 3.8) is 0 Å². The van der Waals surface area contributed by atoms with E-state index in [0.717, 1.165) is 37.5 Å². The number of hydrogen-bond acceptors (Lipinski definition) is 3.